The molecule has 2 heterocycles. The van der Waals surface area contributed by atoms with Crippen molar-refractivity contribution in [2.45, 2.75) is 39.2 Å². The Morgan fingerprint density at radius 3 is 2.78 bits per heavy atom. The van der Waals surface area contributed by atoms with Gasteiger partial charge in [-0.1, -0.05) is 25.6 Å². The van der Waals surface area contributed by atoms with Gasteiger partial charge in [0.1, 0.15) is 0 Å². The lowest BCUT2D eigenvalue weighted by Gasteiger charge is -2.27. The summed E-state index contributed by atoms with van der Waals surface area (Å²) in [6.07, 6.45) is 3.89. The molecule has 2 aliphatic rings. The maximum atomic E-state index is 4.78. The lowest BCUT2D eigenvalue weighted by Crippen LogP contribution is -2.32. The van der Waals surface area contributed by atoms with Crippen LogP contribution in [0.3, 0.4) is 0 Å². The second-order valence-corrected chi connectivity index (χ2v) is 7.18. The molecule has 104 valence electrons. The maximum absolute atomic E-state index is 4.78. The van der Waals surface area contributed by atoms with E-state index in [1.54, 1.807) is 0 Å². The van der Waals surface area contributed by atoms with E-state index in [1.165, 1.54) is 43.3 Å². The van der Waals surface area contributed by atoms with Crippen LogP contribution in [0.5, 0.6) is 0 Å². The molecule has 3 nitrogen and oxygen atoms in total. The molecule has 0 aliphatic carbocycles. The summed E-state index contributed by atoms with van der Waals surface area (Å²) in [5.74, 6) is 2.78. The molecule has 1 atom stereocenters. The molecule has 0 spiro atoms. The molecule has 2 rings (SSSR count). The molecule has 1 unspecified atom stereocenters. The molecule has 0 radical (unpaired) electrons. The fourth-order valence-corrected chi connectivity index (χ4v) is 3.68. The molecular formula is C14H27N3S. The molecule has 2 saturated heterocycles. The Labute approximate surface area is 116 Å². The fourth-order valence-electron chi connectivity index (χ4n) is 2.68. The number of rotatable bonds is 4. The number of aliphatic imine (C=N–C) groups is 1. The Morgan fingerprint density at radius 1 is 1.39 bits per heavy atom. The highest BCUT2D eigenvalue weighted by molar-refractivity contribution is 8.14. The molecular weight excluding hydrogens is 242 g/mol. The highest BCUT2D eigenvalue weighted by atomic mass is 32.2. The van der Waals surface area contributed by atoms with E-state index in [0.717, 1.165) is 18.4 Å². The smallest absolute Gasteiger partial charge is 0.156 e. The average Bonchev–Trinajstić information content (AvgIpc) is 2.75. The van der Waals surface area contributed by atoms with Gasteiger partial charge in [0.2, 0.25) is 0 Å². The van der Waals surface area contributed by atoms with E-state index in [1.807, 2.05) is 11.8 Å². The fraction of sp³-hybridized carbons (Fsp3) is 0.929. The van der Waals surface area contributed by atoms with Crippen molar-refractivity contribution in [2.24, 2.45) is 16.8 Å². The molecule has 0 aromatic carbocycles. The molecule has 18 heavy (non-hydrogen) atoms. The van der Waals surface area contributed by atoms with Gasteiger partial charge in [-0.05, 0) is 51.2 Å². The maximum Gasteiger partial charge on any atom is 0.156 e. The normalized spacial score (nSPS) is 29.1. The van der Waals surface area contributed by atoms with Crippen LogP contribution >= 0.6 is 11.8 Å². The second-order valence-electron chi connectivity index (χ2n) is 6.17. The van der Waals surface area contributed by atoms with E-state index >= 15 is 0 Å². The quantitative estimate of drug-likeness (QED) is 0.849. The number of piperidine rings is 1. The lowest BCUT2D eigenvalue weighted by molar-refractivity contribution is 0.224. The monoisotopic (exact) mass is 269 g/mol. The lowest BCUT2D eigenvalue weighted by atomic mass is 9.97. The van der Waals surface area contributed by atoms with Crippen molar-refractivity contribution in [1.29, 1.82) is 0 Å². The summed E-state index contributed by atoms with van der Waals surface area (Å²) < 4.78 is 0. The summed E-state index contributed by atoms with van der Waals surface area (Å²) in [6, 6.07) is 0.645. The second kappa shape index (κ2) is 6.80. The Hall–Kier alpha value is -0.220. The number of amidine groups is 1. The molecule has 2 aliphatic heterocycles. The van der Waals surface area contributed by atoms with Gasteiger partial charge in [-0.3, -0.25) is 4.99 Å². The molecule has 1 N–H and O–H groups in total. The first-order valence-corrected chi connectivity index (χ1v) is 8.24. The summed E-state index contributed by atoms with van der Waals surface area (Å²) in [6.45, 7) is 8.09. The van der Waals surface area contributed by atoms with E-state index < -0.39 is 0 Å². The van der Waals surface area contributed by atoms with Gasteiger partial charge < -0.3 is 10.2 Å². The molecule has 0 saturated carbocycles. The zero-order valence-corrected chi connectivity index (χ0v) is 12.8. The van der Waals surface area contributed by atoms with Crippen molar-refractivity contribution in [3.63, 3.8) is 0 Å². The number of nitrogens with one attached hydrogen (secondary N) is 1. The van der Waals surface area contributed by atoms with Crippen LogP contribution in [0.1, 0.15) is 33.1 Å². The van der Waals surface area contributed by atoms with E-state index in [9.17, 15) is 0 Å². The average molecular weight is 269 g/mol. The first-order valence-electron chi connectivity index (χ1n) is 7.26. The van der Waals surface area contributed by atoms with E-state index in [2.05, 4.69) is 31.1 Å². The first kappa shape index (κ1) is 14.2. The minimum absolute atomic E-state index is 0.645. The summed E-state index contributed by atoms with van der Waals surface area (Å²) in [5, 5.41) is 4.77. The van der Waals surface area contributed by atoms with Crippen molar-refractivity contribution >= 4 is 16.9 Å². The van der Waals surface area contributed by atoms with Crippen LogP contribution in [0, 0.1) is 11.8 Å². The van der Waals surface area contributed by atoms with Crippen LogP contribution in [0.25, 0.3) is 0 Å². The number of nitrogens with zero attached hydrogens (tertiary/aromatic N) is 2. The van der Waals surface area contributed by atoms with Crippen molar-refractivity contribution in [2.75, 3.05) is 32.4 Å². The summed E-state index contributed by atoms with van der Waals surface area (Å²) in [7, 11) is 2.22. The van der Waals surface area contributed by atoms with E-state index in [-0.39, 0.29) is 0 Å². The van der Waals surface area contributed by atoms with Crippen molar-refractivity contribution in [3.8, 4) is 0 Å². The van der Waals surface area contributed by atoms with Crippen LogP contribution in [-0.4, -0.2) is 48.5 Å². The number of thioether (sulfide) groups is 1. The Morgan fingerprint density at radius 2 is 2.11 bits per heavy atom. The van der Waals surface area contributed by atoms with Gasteiger partial charge in [-0.25, -0.2) is 0 Å². The molecule has 0 aromatic rings. The number of likely N-dealkylation sites (tertiary alicyclic amines) is 1. The van der Waals surface area contributed by atoms with Crippen LogP contribution in [0.15, 0.2) is 4.99 Å². The van der Waals surface area contributed by atoms with Gasteiger partial charge in [0, 0.05) is 18.3 Å². The zero-order chi connectivity index (χ0) is 13.0. The van der Waals surface area contributed by atoms with Gasteiger partial charge in [-0.2, -0.15) is 0 Å². The van der Waals surface area contributed by atoms with Crippen LogP contribution < -0.4 is 5.32 Å². The minimum atomic E-state index is 0.645. The summed E-state index contributed by atoms with van der Waals surface area (Å²) in [5.41, 5.74) is 0. The zero-order valence-electron chi connectivity index (χ0n) is 12.0. The third-order valence-corrected chi connectivity index (χ3v) is 4.93. The Kier molecular flexibility index (Phi) is 5.37. The van der Waals surface area contributed by atoms with Crippen LogP contribution in [0.4, 0.5) is 0 Å². The third kappa shape index (κ3) is 4.47. The molecule has 0 amide bonds. The van der Waals surface area contributed by atoms with E-state index in [0.29, 0.717) is 6.04 Å². The minimum Gasteiger partial charge on any atom is -0.361 e. The number of hydrogen-bond acceptors (Lipinski definition) is 3. The third-order valence-electron chi connectivity index (χ3n) is 3.84. The topological polar surface area (TPSA) is 27.6 Å². The molecule has 2 fully saturated rings. The highest BCUT2D eigenvalue weighted by Gasteiger charge is 2.22. The molecule has 0 aromatic heterocycles. The van der Waals surface area contributed by atoms with Crippen molar-refractivity contribution in [1.82, 2.24) is 10.2 Å². The summed E-state index contributed by atoms with van der Waals surface area (Å²) in [4.78, 5) is 7.20. The first-order chi connectivity index (χ1) is 8.63. The Bertz CT molecular complexity index is 283. The van der Waals surface area contributed by atoms with E-state index in [4.69, 9.17) is 4.99 Å². The van der Waals surface area contributed by atoms with Crippen molar-refractivity contribution < 1.29 is 0 Å². The van der Waals surface area contributed by atoms with Gasteiger partial charge in [-0.15, -0.1) is 0 Å². The van der Waals surface area contributed by atoms with Gasteiger partial charge >= 0.3 is 0 Å². The SMILES string of the molecule is CC(C)CC1CSC(=NCC2CCN(C)CC2)N1. The van der Waals surface area contributed by atoms with Crippen LogP contribution in [0.2, 0.25) is 0 Å². The van der Waals surface area contributed by atoms with Crippen LogP contribution in [-0.2, 0) is 0 Å². The predicted octanol–water partition coefficient (Wildman–Crippen LogP) is 2.44. The van der Waals surface area contributed by atoms with Crippen molar-refractivity contribution in [3.05, 3.63) is 0 Å². The largest absolute Gasteiger partial charge is 0.361 e. The number of hydrogen-bond donors (Lipinski definition) is 1. The summed E-state index contributed by atoms with van der Waals surface area (Å²) >= 11 is 1.91. The standard InChI is InChI=1S/C14H27N3S/c1-11(2)8-13-10-18-14(16-13)15-9-12-4-6-17(3)7-5-12/h11-13H,4-10H2,1-3H3,(H,15,16). The Balaban J connectivity index is 1.71. The predicted molar refractivity (Wildman–Crippen MR) is 81.4 cm³/mol. The van der Waals surface area contributed by atoms with Gasteiger partial charge in [0.15, 0.2) is 5.17 Å². The molecule has 4 heteroatoms. The van der Waals surface area contributed by atoms with Gasteiger partial charge in [0.25, 0.3) is 0 Å². The molecule has 0 bridgehead atoms. The highest BCUT2D eigenvalue weighted by Crippen LogP contribution is 2.21. The van der Waals surface area contributed by atoms with Gasteiger partial charge in [0.05, 0.1) is 0 Å².